The number of hydrazone groups is 1. The van der Waals surface area contributed by atoms with E-state index in [-0.39, 0.29) is 21.9 Å². The molecule has 0 aliphatic rings. The van der Waals surface area contributed by atoms with Crippen molar-refractivity contribution in [2.24, 2.45) is 5.10 Å². The first kappa shape index (κ1) is 26.7. The van der Waals surface area contributed by atoms with Gasteiger partial charge in [-0.2, -0.15) is 18.3 Å². The van der Waals surface area contributed by atoms with Crippen LogP contribution in [-0.4, -0.2) is 34.2 Å². The lowest BCUT2D eigenvalue weighted by Crippen LogP contribution is -2.39. The molecule has 0 fully saturated rings. The highest BCUT2D eigenvalue weighted by Crippen LogP contribution is 2.33. The van der Waals surface area contributed by atoms with Gasteiger partial charge in [0.05, 0.1) is 29.5 Å². The Hall–Kier alpha value is -3.86. The number of carbonyl (C=O) groups excluding carboxylic acids is 1. The number of alkyl halides is 3. The lowest BCUT2D eigenvalue weighted by molar-refractivity contribution is -0.137. The van der Waals surface area contributed by atoms with Crippen molar-refractivity contribution in [2.45, 2.75) is 24.9 Å². The summed E-state index contributed by atoms with van der Waals surface area (Å²) in [7, 11) is -2.82. The third kappa shape index (κ3) is 6.42. The minimum absolute atomic E-state index is 0.0306. The van der Waals surface area contributed by atoms with Crippen LogP contribution in [0.2, 0.25) is 0 Å². The molecule has 0 radical (unpaired) electrons. The summed E-state index contributed by atoms with van der Waals surface area (Å²) in [5.41, 5.74) is 3.16. The van der Waals surface area contributed by atoms with Gasteiger partial charge in [0.2, 0.25) is 0 Å². The van der Waals surface area contributed by atoms with Crippen molar-refractivity contribution < 1.29 is 31.1 Å². The number of hydrogen-bond donors (Lipinski definition) is 1. The van der Waals surface area contributed by atoms with Gasteiger partial charge in [-0.05, 0) is 61.4 Å². The first-order chi connectivity index (χ1) is 16.9. The van der Waals surface area contributed by atoms with E-state index >= 15 is 0 Å². The van der Waals surface area contributed by atoms with Crippen molar-refractivity contribution >= 4 is 27.8 Å². The SMILES string of the molecule is COc1ccc(C)cc1N(CC(=O)N/N=C\c1cccc(C(F)(F)F)c1)S(=O)(=O)c1ccc(C)cc1. The topological polar surface area (TPSA) is 88.1 Å². The molecule has 1 amide bonds. The quantitative estimate of drug-likeness (QED) is 0.346. The first-order valence-corrected chi connectivity index (χ1v) is 12.1. The summed E-state index contributed by atoms with van der Waals surface area (Å²) < 4.78 is 72.0. The Kier molecular flexibility index (Phi) is 8.03. The molecule has 0 saturated carbocycles. The van der Waals surface area contributed by atoms with Crippen molar-refractivity contribution in [1.29, 1.82) is 0 Å². The molecule has 3 rings (SSSR count). The molecule has 1 N–H and O–H groups in total. The number of methoxy groups -OCH3 is 1. The number of amides is 1. The lowest BCUT2D eigenvalue weighted by Gasteiger charge is -2.25. The fourth-order valence-electron chi connectivity index (χ4n) is 3.27. The van der Waals surface area contributed by atoms with E-state index in [0.717, 1.165) is 33.8 Å². The van der Waals surface area contributed by atoms with Crippen LogP contribution in [0.1, 0.15) is 22.3 Å². The molecule has 0 atom stereocenters. The highest BCUT2D eigenvalue weighted by molar-refractivity contribution is 7.92. The zero-order valence-corrected chi connectivity index (χ0v) is 20.5. The molecule has 3 aromatic carbocycles. The minimum Gasteiger partial charge on any atom is -0.495 e. The summed E-state index contributed by atoms with van der Waals surface area (Å²) in [6.07, 6.45) is -3.48. The number of halogens is 3. The second-order valence-electron chi connectivity index (χ2n) is 7.92. The van der Waals surface area contributed by atoms with E-state index in [2.05, 4.69) is 10.5 Å². The standard InChI is InChI=1S/C25H24F3N3O4S/c1-17-7-10-21(11-8-17)36(33,34)31(22-13-18(2)9-12-23(22)35-3)16-24(32)30-29-15-19-5-4-6-20(14-19)25(26,27)28/h4-15H,16H2,1-3H3,(H,30,32)/b29-15-. The van der Waals surface area contributed by atoms with Crippen molar-refractivity contribution in [2.75, 3.05) is 18.0 Å². The third-order valence-electron chi connectivity index (χ3n) is 5.12. The lowest BCUT2D eigenvalue weighted by atomic mass is 10.1. The van der Waals surface area contributed by atoms with E-state index in [1.165, 1.54) is 31.4 Å². The number of nitrogens with zero attached hydrogens (tertiary/aromatic N) is 2. The molecular formula is C25H24F3N3O4S. The van der Waals surface area contributed by atoms with Crippen LogP contribution in [0, 0.1) is 13.8 Å². The highest BCUT2D eigenvalue weighted by atomic mass is 32.2. The van der Waals surface area contributed by atoms with Crippen LogP contribution in [0.3, 0.4) is 0 Å². The second kappa shape index (κ2) is 10.8. The molecule has 0 heterocycles. The van der Waals surface area contributed by atoms with E-state index in [1.54, 1.807) is 37.3 Å². The number of hydrogen-bond acceptors (Lipinski definition) is 5. The second-order valence-corrected chi connectivity index (χ2v) is 9.78. The number of sulfonamides is 1. The van der Waals surface area contributed by atoms with Crippen molar-refractivity contribution in [1.82, 2.24) is 5.43 Å². The molecule has 0 bridgehead atoms. The zero-order valence-electron chi connectivity index (χ0n) is 19.7. The van der Waals surface area contributed by atoms with Crippen molar-refractivity contribution in [3.05, 3.63) is 89.0 Å². The molecule has 0 aliphatic carbocycles. The number of carbonyl (C=O) groups is 1. The van der Waals surface area contributed by atoms with Crippen LogP contribution < -0.4 is 14.5 Å². The average molecular weight is 520 g/mol. The fraction of sp³-hybridized carbons (Fsp3) is 0.200. The monoisotopic (exact) mass is 519 g/mol. The molecular weight excluding hydrogens is 495 g/mol. The van der Waals surface area contributed by atoms with Crippen LogP contribution in [0.25, 0.3) is 0 Å². The Morgan fingerprint density at radius 2 is 1.69 bits per heavy atom. The molecule has 3 aromatic rings. The van der Waals surface area contributed by atoms with Crippen LogP contribution in [-0.2, 0) is 21.0 Å². The van der Waals surface area contributed by atoms with Gasteiger partial charge in [0.15, 0.2) is 0 Å². The van der Waals surface area contributed by atoms with E-state index < -0.39 is 34.2 Å². The van der Waals surface area contributed by atoms with Gasteiger partial charge in [-0.25, -0.2) is 13.8 Å². The number of rotatable bonds is 8. The van der Waals surface area contributed by atoms with E-state index in [1.807, 2.05) is 6.92 Å². The van der Waals surface area contributed by atoms with Gasteiger partial charge in [-0.1, -0.05) is 35.9 Å². The largest absolute Gasteiger partial charge is 0.495 e. The minimum atomic E-state index is -4.52. The van der Waals surface area contributed by atoms with E-state index in [0.29, 0.717) is 0 Å². The molecule has 0 unspecified atom stereocenters. The van der Waals surface area contributed by atoms with Gasteiger partial charge in [-0.15, -0.1) is 0 Å². The molecule has 7 nitrogen and oxygen atoms in total. The molecule has 0 aliphatic heterocycles. The van der Waals surface area contributed by atoms with Crippen molar-refractivity contribution in [3.63, 3.8) is 0 Å². The number of aryl methyl sites for hydroxylation is 2. The molecule has 0 saturated heterocycles. The van der Waals surface area contributed by atoms with Gasteiger partial charge in [0.1, 0.15) is 12.3 Å². The summed E-state index contributed by atoms with van der Waals surface area (Å²) >= 11 is 0. The first-order valence-electron chi connectivity index (χ1n) is 10.6. The van der Waals surface area contributed by atoms with Crippen LogP contribution in [0.5, 0.6) is 5.75 Å². The number of ether oxygens (including phenoxy) is 1. The summed E-state index contributed by atoms with van der Waals surface area (Å²) in [6.45, 7) is 2.92. The predicted molar refractivity (Wildman–Crippen MR) is 131 cm³/mol. The average Bonchev–Trinajstić information content (AvgIpc) is 2.82. The summed E-state index contributed by atoms with van der Waals surface area (Å²) in [4.78, 5) is 12.7. The Morgan fingerprint density at radius 3 is 2.33 bits per heavy atom. The Bertz CT molecular complexity index is 1370. The zero-order chi connectivity index (χ0) is 26.5. The predicted octanol–water partition coefficient (Wildman–Crippen LogP) is 4.68. The summed E-state index contributed by atoms with van der Waals surface area (Å²) in [6, 6.07) is 15.4. The summed E-state index contributed by atoms with van der Waals surface area (Å²) in [5, 5.41) is 3.69. The fourth-order valence-corrected chi connectivity index (χ4v) is 4.70. The number of nitrogens with one attached hydrogen (secondary N) is 1. The van der Waals surface area contributed by atoms with Gasteiger partial charge >= 0.3 is 6.18 Å². The molecule has 190 valence electrons. The normalized spacial score (nSPS) is 11.9. The number of anilines is 1. The third-order valence-corrected chi connectivity index (χ3v) is 6.89. The molecule has 0 aromatic heterocycles. The van der Waals surface area contributed by atoms with Gasteiger partial charge in [0, 0.05) is 0 Å². The van der Waals surface area contributed by atoms with Gasteiger partial charge in [0.25, 0.3) is 15.9 Å². The van der Waals surface area contributed by atoms with Crippen LogP contribution in [0.4, 0.5) is 18.9 Å². The molecule has 36 heavy (non-hydrogen) atoms. The Morgan fingerprint density at radius 1 is 1.03 bits per heavy atom. The Labute approximate surface area is 207 Å². The maximum atomic E-state index is 13.5. The van der Waals surface area contributed by atoms with E-state index in [4.69, 9.17) is 4.74 Å². The van der Waals surface area contributed by atoms with E-state index in [9.17, 15) is 26.4 Å². The highest BCUT2D eigenvalue weighted by Gasteiger charge is 2.31. The van der Waals surface area contributed by atoms with Crippen molar-refractivity contribution in [3.8, 4) is 5.75 Å². The van der Waals surface area contributed by atoms with Crippen LogP contribution >= 0.6 is 0 Å². The van der Waals surface area contributed by atoms with Gasteiger partial charge < -0.3 is 4.74 Å². The smallest absolute Gasteiger partial charge is 0.416 e. The number of benzene rings is 3. The maximum absolute atomic E-state index is 13.5. The maximum Gasteiger partial charge on any atom is 0.416 e. The van der Waals surface area contributed by atoms with Crippen LogP contribution in [0.15, 0.2) is 76.7 Å². The summed E-state index contributed by atoms with van der Waals surface area (Å²) in [5.74, 6) is -0.575. The molecule has 0 spiro atoms. The molecule has 11 heteroatoms. The van der Waals surface area contributed by atoms with Gasteiger partial charge in [-0.3, -0.25) is 9.10 Å². The Balaban J connectivity index is 1.90.